The van der Waals surface area contributed by atoms with Gasteiger partial charge in [-0.25, -0.2) is 8.42 Å². The molecule has 0 radical (unpaired) electrons. The second kappa shape index (κ2) is 10.3. The van der Waals surface area contributed by atoms with Crippen LogP contribution in [0.4, 0.5) is 0 Å². The SMILES string of the molecule is CC1CCN(S(=O)(=O)c2ccc(-c3nnc(C(=O)NCCCc4ccccc4)o3)cc2)CC1. The highest BCUT2D eigenvalue weighted by molar-refractivity contribution is 7.89. The van der Waals surface area contributed by atoms with E-state index in [1.165, 1.54) is 22.0 Å². The van der Waals surface area contributed by atoms with Crippen molar-refractivity contribution in [3.8, 4) is 11.5 Å². The van der Waals surface area contributed by atoms with Crippen molar-refractivity contribution in [3.05, 3.63) is 66.1 Å². The minimum Gasteiger partial charge on any atom is -0.412 e. The van der Waals surface area contributed by atoms with Crippen LogP contribution in [0.1, 0.15) is 42.4 Å². The van der Waals surface area contributed by atoms with Gasteiger partial charge < -0.3 is 9.73 Å². The summed E-state index contributed by atoms with van der Waals surface area (Å²) in [5.74, 6) is 0.163. The Bertz CT molecular complexity index is 1170. The fourth-order valence-corrected chi connectivity index (χ4v) is 5.26. The highest BCUT2D eigenvalue weighted by Gasteiger charge is 2.28. The molecule has 1 aliphatic heterocycles. The van der Waals surface area contributed by atoms with Crippen LogP contribution in [0.15, 0.2) is 63.9 Å². The minimum atomic E-state index is -3.52. The number of aromatic nitrogens is 2. The maximum absolute atomic E-state index is 12.9. The zero-order valence-corrected chi connectivity index (χ0v) is 19.4. The van der Waals surface area contributed by atoms with Crippen LogP contribution in [0.5, 0.6) is 0 Å². The number of amides is 1. The number of nitrogens with one attached hydrogen (secondary N) is 1. The topological polar surface area (TPSA) is 105 Å². The van der Waals surface area contributed by atoms with Gasteiger partial charge in [-0.15, -0.1) is 10.2 Å². The summed E-state index contributed by atoms with van der Waals surface area (Å²) < 4.78 is 32.8. The van der Waals surface area contributed by atoms with E-state index in [0.29, 0.717) is 31.1 Å². The van der Waals surface area contributed by atoms with E-state index >= 15 is 0 Å². The van der Waals surface area contributed by atoms with E-state index in [-0.39, 0.29) is 16.7 Å². The lowest BCUT2D eigenvalue weighted by molar-refractivity contribution is 0.0919. The molecule has 1 aromatic heterocycles. The Kier molecular flexibility index (Phi) is 7.20. The van der Waals surface area contributed by atoms with Crippen molar-refractivity contribution in [2.75, 3.05) is 19.6 Å². The zero-order valence-electron chi connectivity index (χ0n) is 18.6. The average molecular weight is 469 g/mol. The summed E-state index contributed by atoms with van der Waals surface area (Å²) in [6.45, 7) is 3.72. The number of carbonyl (C=O) groups excluding carboxylic acids is 1. The van der Waals surface area contributed by atoms with Crippen LogP contribution in [-0.4, -0.2) is 48.5 Å². The second-order valence-corrected chi connectivity index (χ2v) is 10.3. The predicted octanol–water partition coefficient (Wildman–Crippen LogP) is 3.52. The summed E-state index contributed by atoms with van der Waals surface area (Å²) in [5, 5.41) is 10.5. The number of nitrogens with zero attached hydrogens (tertiary/aromatic N) is 3. The molecule has 33 heavy (non-hydrogen) atoms. The fourth-order valence-electron chi connectivity index (χ4n) is 3.79. The van der Waals surface area contributed by atoms with Crippen LogP contribution < -0.4 is 5.32 Å². The molecule has 4 rings (SSSR count). The highest BCUT2D eigenvalue weighted by Crippen LogP contribution is 2.25. The van der Waals surface area contributed by atoms with Crippen molar-refractivity contribution in [2.45, 2.75) is 37.5 Å². The second-order valence-electron chi connectivity index (χ2n) is 8.37. The van der Waals surface area contributed by atoms with E-state index in [4.69, 9.17) is 4.42 Å². The number of hydrogen-bond acceptors (Lipinski definition) is 6. The van der Waals surface area contributed by atoms with Gasteiger partial charge in [0.25, 0.3) is 0 Å². The molecule has 2 aromatic carbocycles. The minimum absolute atomic E-state index is 0.121. The predicted molar refractivity (Wildman–Crippen MR) is 124 cm³/mol. The molecule has 0 spiro atoms. The Morgan fingerprint density at radius 1 is 1.06 bits per heavy atom. The molecular formula is C24H28N4O4S. The van der Waals surface area contributed by atoms with Crippen molar-refractivity contribution < 1.29 is 17.6 Å². The van der Waals surface area contributed by atoms with Gasteiger partial charge in [0, 0.05) is 25.2 Å². The highest BCUT2D eigenvalue weighted by atomic mass is 32.2. The fraction of sp³-hybridized carbons (Fsp3) is 0.375. The van der Waals surface area contributed by atoms with Gasteiger partial charge in [0.05, 0.1) is 4.90 Å². The number of aryl methyl sites for hydroxylation is 1. The van der Waals surface area contributed by atoms with Gasteiger partial charge in [-0.05, 0) is 61.4 Å². The Labute approximate surface area is 194 Å². The Balaban J connectivity index is 1.33. The molecular weight excluding hydrogens is 440 g/mol. The molecule has 1 aliphatic rings. The van der Waals surface area contributed by atoms with Crippen LogP contribution in [0.25, 0.3) is 11.5 Å². The monoisotopic (exact) mass is 468 g/mol. The molecule has 0 bridgehead atoms. The number of rotatable bonds is 8. The van der Waals surface area contributed by atoms with E-state index in [1.54, 1.807) is 12.1 Å². The number of sulfonamides is 1. The van der Waals surface area contributed by atoms with Crippen LogP contribution in [0.3, 0.4) is 0 Å². The summed E-state index contributed by atoms with van der Waals surface area (Å²) in [6.07, 6.45) is 3.40. The lowest BCUT2D eigenvalue weighted by atomic mass is 10.0. The molecule has 0 atom stereocenters. The Morgan fingerprint density at radius 2 is 1.76 bits per heavy atom. The quantitative estimate of drug-likeness (QED) is 0.507. The lowest BCUT2D eigenvalue weighted by Crippen LogP contribution is -2.37. The van der Waals surface area contributed by atoms with E-state index in [2.05, 4.69) is 34.6 Å². The maximum atomic E-state index is 12.9. The number of benzene rings is 2. The standard InChI is InChI=1S/C24H28N4O4S/c1-18-13-16-28(17-14-18)33(30,31)21-11-9-20(10-12-21)23-26-27-24(32-23)22(29)25-15-5-8-19-6-3-2-4-7-19/h2-4,6-7,9-12,18H,5,8,13-17H2,1H3,(H,25,29). The first-order valence-corrected chi connectivity index (χ1v) is 12.6. The van der Waals surface area contributed by atoms with Gasteiger partial charge in [0.2, 0.25) is 15.9 Å². The first kappa shape index (κ1) is 23.1. The van der Waals surface area contributed by atoms with Crippen molar-refractivity contribution in [1.82, 2.24) is 19.8 Å². The van der Waals surface area contributed by atoms with Crippen molar-refractivity contribution in [1.29, 1.82) is 0 Å². The van der Waals surface area contributed by atoms with Gasteiger partial charge in [-0.2, -0.15) is 4.31 Å². The van der Waals surface area contributed by atoms with Gasteiger partial charge in [-0.1, -0.05) is 37.3 Å². The average Bonchev–Trinajstić information content (AvgIpc) is 3.33. The normalized spacial score (nSPS) is 15.4. The van der Waals surface area contributed by atoms with Crippen LogP contribution in [0.2, 0.25) is 0 Å². The largest absolute Gasteiger partial charge is 0.412 e. The van der Waals surface area contributed by atoms with Crippen molar-refractivity contribution in [2.24, 2.45) is 5.92 Å². The van der Waals surface area contributed by atoms with E-state index in [0.717, 1.165) is 25.7 Å². The molecule has 0 saturated carbocycles. The molecule has 9 heteroatoms. The van der Waals surface area contributed by atoms with Gasteiger partial charge >= 0.3 is 11.8 Å². The summed E-state index contributed by atoms with van der Waals surface area (Å²) in [4.78, 5) is 12.5. The molecule has 0 unspecified atom stereocenters. The molecule has 3 aromatic rings. The first-order valence-electron chi connectivity index (χ1n) is 11.2. The van der Waals surface area contributed by atoms with Gasteiger partial charge in [0.15, 0.2) is 0 Å². The number of piperidine rings is 1. The van der Waals surface area contributed by atoms with Crippen LogP contribution >= 0.6 is 0 Å². The van der Waals surface area contributed by atoms with Gasteiger partial charge in [-0.3, -0.25) is 4.79 Å². The Hall–Kier alpha value is -3.04. The van der Waals surface area contributed by atoms with Crippen LogP contribution in [-0.2, 0) is 16.4 Å². The summed E-state index contributed by atoms with van der Waals surface area (Å²) in [7, 11) is -3.52. The molecule has 1 N–H and O–H groups in total. The first-order chi connectivity index (χ1) is 15.9. The van der Waals surface area contributed by atoms with Crippen LogP contribution in [0, 0.1) is 5.92 Å². The number of carbonyl (C=O) groups is 1. The summed E-state index contributed by atoms with van der Waals surface area (Å²) in [5.41, 5.74) is 1.77. The molecule has 1 amide bonds. The van der Waals surface area contributed by atoms with Gasteiger partial charge in [0.1, 0.15) is 0 Å². The molecule has 0 aliphatic carbocycles. The third-order valence-corrected chi connectivity index (χ3v) is 7.78. The third-order valence-electron chi connectivity index (χ3n) is 5.87. The summed E-state index contributed by atoms with van der Waals surface area (Å²) >= 11 is 0. The molecule has 8 nitrogen and oxygen atoms in total. The lowest BCUT2D eigenvalue weighted by Gasteiger charge is -2.29. The molecule has 2 heterocycles. The maximum Gasteiger partial charge on any atom is 0.308 e. The molecule has 1 saturated heterocycles. The molecule has 174 valence electrons. The zero-order chi connectivity index (χ0) is 23.3. The third kappa shape index (κ3) is 5.66. The van der Waals surface area contributed by atoms with Crippen molar-refractivity contribution >= 4 is 15.9 Å². The van der Waals surface area contributed by atoms with E-state index in [1.807, 2.05) is 18.2 Å². The summed E-state index contributed by atoms with van der Waals surface area (Å²) in [6, 6.07) is 16.4. The number of hydrogen-bond donors (Lipinski definition) is 1. The van der Waals surface area contributed by atoms with Crippen molar-refractivity contribution in [3.63, 3.8) is 0 Å². The smallest absolute Gasteiger partial charge is 0.308 e. The van der Waals surface area contributed by atoms with E-state index < -0.39 is 15.9 Å². The molecule has 1 fully saturated rings. The van der Waals surface area contributed by atoms with E-state index in [9.17, 15) is 13.2 Å². The Morgan fingerprint density at radius 3 is 2.45 bits per heavy atom.